The van der Waals surface area contributed by atoms with E-state index in [1.807, 2.05) is 0 Å². The van der Waals surface area contributed by atoms with Crippen LogP contribution in [0.1, 0.15) is 51.4 Å². The fourth-order valence-electron chi connectivity index (χ4n) is 4.25. The van der Waals surface area contributed by atoms with Gasteiger partial charge in [0.05, 0.1) is 6.54 Å². The summed E-state index contributed by atoms with van der Waals surface area (Å²) in [5.41, 5.74) is 0. The molecule has 1 heterocycles. The Kier molecular flexibility index (Phi) is 5.17. The van der Waals surface area contributed by atoms with Crippen LogP contribution in [0.4, 0.5) is 0 Å². The molecule has 1 amide bonds. The van der Waals surface area contributed by atoms with Crippen molar-refractivity contribution in [2.75, 3.05) is 26.7 Å². The van der Waals surface area contributed by atoms with Gasteiger partial charge in [-0.15, -0.1) is 0 Å². The number of nitrogens with one attached hydrogen (secondary N) is 2. The number of likely N-dealkylation sites (tertiary alicyclic amines) is 1. The molecule has 0 aromatic rings. The number of piperidine rings is 1. The SMILES string of the molecule is CNC(=O)CN1CCC(NC2CCCC(C3CC3)C2)CC1. The summed E-state index contributed by atoms with van der Waals surface area (Å²) in [6.45, 7) is 2.68. The average Bonchev–Trinajstić information content (AvgIpc) is 3.34. The van der Waals surface area contributed by atoms with Gasteiger partial charge in [0.1, 0.15) is 0 Å². The van der Waals surface area contributed by atoms with Gasteiger partial charge < -0.3 is 10.6 Å². The fourth-order valence-corrected chi connectivity index (χ4v) is 4.25. The monoisotopic (exact) mass is 293 g/mol. The third-order valence-corrected chi connectivity index (χ3v) is 5.71. The van der Waals surface area contributed by atoms with Crippen LogP contribution in [-0.4, -0.2) is 49.6 Å². The van der Waals surface area contributed by atoms with Gasteiger partial charge in [0.15, 0.2) is 0 Å². The van der Waals surface area contributed by atoms with Crippen molar-refractivity contribution in [3.8, 4) is 0 Å². The highest BCUT2D eigenvalue weighted by molar-refractivity contribution is 5.77. The van der Waals surface area contributed by atoms with Crippen molar-refractivity contribution in [3.05, 3.63) is 0 Å². The maximum atomic E-state index is 11.4. The minimum atomic E-state index is 0.140. The lowest BCUT2D eigenvalue weighted by molar-refractivity contribution is -0.122. The zero-order valence-corrected chi connectivity index (χ0v) is 13.4. The Bertz CT molecular complexity index is 348. The van der Waals surface area contributed by atoms with Crippen LogP contribution in [0.25, 0.3) is 0 Å². The van der Waals surface area contributed by atoms with Gasteiger partial charge in [0.2, 0.25) is 5.91 Å². The smallest absolute Gasteiger partial charge is 0.233 e. The van der Waals surface area contributed by atoms with Crippen LogP contribution in [0.5, 0.6) is 0 Å². The number of hydrogen-bond donors (Lipinski definition) is 2. The first-order valence-electron chi connectivity index (χ1n) is 8.93. The summed E-state index contributed by atoms with van der Waals surface area (Å²) in [5, 5.41) is 6.65. The third kappa shape index (κ3) is 4.43. The summed E-state index contributed by atoms with van der Waals surface area (Å²) >= 11 is 0. The van der Waals surface area contributed by atoms with E-state index in [0.29, 0.717) is 12.6 Å². The van der Waals surface area contributed by atoms with E-state index in [1.54, 1.807) is 7.05 Å². The molecule has 120 valence electrons. The van der Waals surface area contributed by atoms with Crippen LogP contribution in [0, 0.1) is 11.8 Å². The molecule has 1 saturated heterocycles. The molecule has 4 nitrogen and oxygen atoms in total. The third-order valence-electron chi connectivity index (χ3n) is 5.71. The van der Waals surface area contributed by atoms with Crippen molar-refractivity contribution in [2.24, 2.45) is 11.8 Å². The van der Waals surface area contributed by atoms with E-state index in [4.69, 9.17) is 0 Å². The van der Waals surface area contributed by atoms with Crippen LogP contribution in [0.15, 0.2) is 0 Å². The van der Waals surface area contributed by atoms with Crippen molar-refractivity contribution < 1.29 is 4.79 Å². The number of carbonyl (C=O) groups is 1. The summed E-state index contributed by atoms with van der Waals surface area (Å²) in [5.74, 6) is 2.23. The summed E-state index contributed by atoms with van der Waals surface area (Å²) in [6.07, 6.45) is 11.1. The standard InChI is InChI=1S/C17H31N3O/c1-18-17(21)12-20-9-7-15(8-10-20)19-16-4-2-3-14(11-16)13-5-6-13/h13-16,19H,2-12H2,1H3,(H,18,21). The first-order chi connectivity index (χ1) is 10.2. The molecule has 0 aromatic heterocycles. The summed E-state index contributed by atoms with van der Waals surface area (Å²) in [6, 6.07) is 1.44. The number of hydrogen-bond acceptors (Lipinski definition) is 3. The molecule has 3 fully saturated rings. The van der Waals surface area contributed by atoms with Crippen molar-refractivity contribution in [3.63, 3.8) is 0 Å². The molecule has 1 aliphatic heterocycles. The number of carbonyl (C=O) groups excluding carboxylic acids is 1. The van der Waals surface area contributed by atoms with Gasteiger partial charge >= 0.3 is 0 Å². The van der Waals surface area contributed by atoms with E-state index in [0.717, 1.165) is 31.0 Å². The molecule has 2 saturated carbocycles. The molecule has 2 N–H and O–H groups in total. The van der Waals surface area contributed by atoms with E-state index in [1.165, 1.54) is 51.4 Å². The van der Waals surface area contributed by atoms with E-state index >= 15 is 0 Å². The van der Waals surface area contributed by atoms with Gasteiger partial charge in [-0.1, -0.05) is 12.8 Å². The molecular formula is C17H31N3O. The molecule has 0 aromatic carbocycles. The van der Waals surface area contributed by atoms with Crippen LogP contribution < -0.4 is 10.6 Å². The Morgan fingerprint density at radius 3 is 2.43 bits per heavy atom. The van der Waals surface area contributed by atoms with Gasteiger partial charge in [-0.05, 0) is 50.4 Å². The van der Waals surface area contributed by atoms with Crippen LogP contribution in [0.3, 0.4) is 0 Å². The van der Waals surface area contributed by atoms with Gasteiger partial charge in [-0.3, -0.25) is 9.69 Å². The number of rotatable bonds is 5. The zero-order valence-electron chi connectivity index (χ0n) is 13.4. The highest BCUT2D eigenvalue weighted by atomic mass is 16.1. The van der Waals surface area contributed by atoms with Gasteiger partial charge in [-0.2, -0.15) is 0 Å². The molecule has 2 aliphatic carbocycles. The molecule has 21 heavy (non-hydrogen) atoms. The molecule has 2 atom stereocenters. The van der Waals surface area contributed by atoms with Gasteiger partial charge in [0, 0.05) is 32.2 Å². The maximum Gasteiger partial charge on any atom is 0.233 e. The highest BCUT2D eigenvalue weighted by Crippen LogP contribution is 2.44. The molecule has 0 bridgehead atoms. The lowest BCUT2D eigenvalue weighted by Crippen LogP contribution is -2.49. The summed E-state index contributed by atoms with van der Waals surface area (Å²) in [4.78, 5) is 13.7. The molecule has 3 aliphatic rings. The first kappa shape index (κ1) is 15.3. The zero-order chi connectivity index (χ0) is 14.7. The quantitative estimate of drug-likeness (QED) is 0.812. The Morgan fingerprint density at radius 2 is 1.76 bits per heavy atom. The maximum absolute atomic E-state index is 11.4. The normalized spacial score (nSPS) is 32.0. The molecule has 2 unspecified atom stereocenters. The molecule has 3 rings (SSSR count). The van der Waals surface area contributed by atoms with E-state index in [2.05, 4.69) is 15.5 Å². The van der Waals surface area contributed by atoms with Gasteiger partial charge in [0.25, 0.3) is 0 Å². The predicted octanol–water partition coefficient (Wildman–Crippen LogP) is 1.76. The van der Waals surface area contributed by atoms with Gasteiger partial charge in [-0.25, -0.2) is 0 Å². The minimum absolute atomic E-state index is 0.140. The molecular weight excluding hydrogens is 262 g/mol. The first-order valence-corrected chi connectivity index (χ1v) is 8.93. The second kappa shape index (κ2) is 7.10. The Labute approximate surface area is 129 Å². The highest BCUT2D eigenvalue weighted by Gasteiger charge is 2.35. The molecule has 0 radical (unpaired) electrons. The lowest BCUT2D eigenvalue weighted by Gasteiger charge is -2.37. The number of likely N-dealkylation sites (N-methyl/N-ethyl adjacent to an activating group) is 1. The van der Waals surface area contributed by atoms with Crippen LogP contribution in [0.2, 0.25) is 0 Å². The predicted molar refractivity (Wildman–Crippen MR) is 85.1 cm³/mol. The Hall–Kier alpha value is -0.610. The second-order valence-electron chi connectivity index (χ2n) is 7.35. The summed E-state index contributed by atoms with van der Waals surface area (Å²) in [7, 11) is 1.72. The largest absolute Gasteiger partial charge is 0.358 e. The number of nitrogens with zero attached hydrogens (tertiary/aromatic N) is 1. The molecule has 4 heteroatoms. The van der Waals surface area contributed by atoms with Crippen molar-refractivity contribution in [2.45, 2.75) is 63.5 Å². The summed E-state index contributed by atoms with van der Waals surface area (Å²) < 4.78 is 0. The number of amides is 1. The fraction of sp³-hybridized carbons (Fsp3) is 0.941. The Balaban J connectivity index is 1.37. The van der Waals surface area contributed by atoms with Crippen LogP contribution in [-0.2, 0) is 4.79 Å². The van der Waals surface area contributed by atoms with Crippen molar-refractivity contribution >= 4 is 5.91 Å². The van der Waals surface area contributed by atoms with E-state index < -0.39 is 0 Å². The van der Waals surface area contributed by atoms with Crippen molar-refractivity contribution in [1.29, 1.82) is 0 Å². The van der Waals surface area contributed by atoms with E-state index in [9.17, 15) is 4.79 Å². The molecule has 0 spiro atoms. The topological polar surface area (TPSA) is 44.4 Å². The van der Waals surface area contributed by atoms with Crippen molar-refractivity contribution in [1.82, 2.24) is 15.5 Å². The van der Waals surface area contributed by atoms with Crippen LogP contribution >= 0.6 is 0 Å². The second-order valence-corrected chi connectivity index (χ2v) is 7.35. The van der Waals surface area contributed by atoms with E-state index in [-0.39, 0.29) is 5.91 Å². The Morgan fingerprint density at radius 1 is 1.00 bits per heavy atom. The lowest BCUT2D eigenvalue weighted by atomic mass is 9.82. The average molecular weight is 293 g/mol. The minimum Gasteiger partial charge on any atom is -0.358 e.